The number of hydrogen-bond donors (Lipinski definition) is 0. The Morgan fingerprint density at radius 2 is 1.61 bits per heavy atom. The highest BCUT2D eigenvalue weighted by atomic mass is 32.2. The average molecular weight is 398 g/mol. The van der Waals surface area contributed by atoms with Gasteiger partial charge in [0.15, 0.2) is 5.65 Å². The van der Waals surface area contributed by atoms with Crippen molar-refractivity contribution in [2.45, 2.75) is 50.7 Å². The van der Waals surface area contributed by atoms with Gasteiger partial charge in [0.1, 0.15) is 0 Å². The van der Waals surface area contributed by atoms with E-state index in [4.69, 9.17) is 9.31 Å². The predicted molar refractivity (Wildman–Crippen MR) is 109 cm³/mol. The lowest BCUT2D eigenvalue weighted by atomic mass is 9.79. The van der Waals surface area contributed by atoms with Crippen LogP contribution in [0.15, 0.2) is 53.7 Å². The normalized spacial score (nSPS) is 18.7. The first kappa shape index (κ1) is 19.2. The summed E-state index contributed by atoms with van der Waals surface area (Å²) in [5, 5.41) is 0.691. The van der Waals surface area contributed by atoms with Gasteiger partial charge in [0, 0.05) is 23.2 Å². The van der Waals surface area contributed by atoms with E-state index < -0.39 is 28.3 Å². The van der Waals surface area contributed by atoms with Gasteiger partial charge in [0.2, 0.25) is 0 Å². The molecule has 1 saturated heterocycles. The lowest BCUT2D eigenvalue weighted by Crippen LogP contribution is -2.41. The van der Waals surface area contributed by atoms with E-state index in [2.05, 4.69) is 4.98 Å². The molecule has 0 atom stereocenters. The molecule has 2 aromatic heterocycles. The van der Waals surface area contributed by atoms with Gasteiger partial charge >= 0.3 is 7.12 Å². The molecule has 0 aliphatic carbocycles. The quantitative estimate of drug-likeness (QED) is 0.635. The van der Waals surface area contributed by atoms with Crippen molar-refractivity contribution in [2.24, 2.45) is 0 Å². The Kier molecular flexibility index (Phi) is 4.23. The smallest absolute Gasteiger partial charge is 0.399 e. The van der Waals surface area contributed by atoms with Gasteiger partial charge in [0.05, 0.1) is 16.1 Å². The van der Waals surface area contributed by atoms with Crippen LogP contribution in [0.2, 0.25) is 0 Å². The zero-order valence-corrected chi connectivity index (χ0v) is 17.4. The van der Waals surface area contributed by atoms with Gasteiger partial charge in [-0.1, -0.05) is 17.7 Å². The molecule has 28 heavy (non-hydrogen) atoms. The van der Waals surface area contributed by atoms with Gasteiger partial charge in [-0.2, -0.15) is 0 Å². The number of aromatic nitrogens is 2. The van der Waals surface area contributed by atoms with E-state index in [1.54, 1.807) is 42.7 Å². The van der Waals surface area contributed by atoms with Crippen molar-refractivity contribution in [1.29, 1.82) is 0 Å². The second-order valence-corrected chi connectivity index (χ2v) is 9.98. The van der Waals surface area contributed by atoms with Crippen LogP contribution in [0.25, 0.3) is 11.0 Å². The van der Waals surface area contributed by atoms with Crippen molar-refractivity contribution in [3.8, 4) is 0 Å². The second kappa shape index (κ2) is 6.17. The number of nitrogens with zero attached hydrogens (tertiary/aromatic N) is 2. The van der Waals surface area contributed by atoms with E-state index in [9.17, 15) is 8.42 Å². The Morgan fingerprint density at radius 3 is 2.21 bits per heavy atom. The summed E-state index contributed by atoms with van der Waals surface area (Å²) < 4.78 is 40.1. The Bertz CT molecular complexity index is 1130. The van der Waals surface area contributed by atoms with E-state index in [0.717, 1.165) is 5.56 Å². The van der Waals surface area contributed by atoms with Crippen LogP contribution in [0, 0.1) is 6.92 Å². The summed E-state index contributed by atoms with van der Waals surface area (Å²) in [6.45, 7) is 9.78. The summed E-state index contributed by atoms with van der Waals surface area (Å²) in [4.78, 5) is 4.54. The molecule has 0 N–H and O–H groups in total. The summed E-state index contributed by atoms with van der Waals surface area (Å²) in [5.41, 5.74) is 0.950. The summed E-state index contributed by atoms with van der Waals surface area (Å²) in [6.07, 6.45) is 3.15. The van der Waals surface area contributed by atoms with Crippen molar-refractivity contribution < 1.29 is 17.7 Å². The number of hydrogen-bond acceptors (Lipinski definition) is 5. The fourth-order valence-electron chi connectivity index (χ4n) is 3.22. The molecule has 4 rings (SSSR count). The standard InChI is InChI=1S/C20H23BN2O4S/c1-14-8-10-15(11-9-14)28(24,25)23-13-17(16-7-6-12-22-18(16)23)21-26-19(2,3)20(4,5)27-21/h6-13H,1-5H3. The lowest BCUT2D eigenvalue weighted by molar-refractivity contribution is 0.00578. The van der Waals surface area contributed by atoms with Crippen LogP contribution < -0.4 is 5.46 Å². The van der Waals surface area contributed by atoms with Gasteiger partial charge in [-0.15, -0.1) is 0 Å². The zero-order chi connectivity index (χ0) is 20.3. The fourth-order valence-corrected chi connectivity index (χ4v) is 4.55. The van der Waals surface area contributed by atoms with Crippen LogP contribution in [0.3, 0.4) is 0 Å². The molecule has 0 saturated carbocycles. The Labute approximate surface area is 165 Å². The van der Waals surface area contributed by atoms with Gasteiger partial charge in [-0.25, -0.2) is 17.4 Å². The zero-order valence-electron chi connectivity index (χ0n) is 16.6. The minimum absolute atomic E-state index is 0.209. The topological polar surface area (TPSA) is 70.4 Å². The maximum Gasteiger partial charge on any atom is 0.497 e. The highest BCUT2D eigenvalue weighted by Gasteiger charge is 2.52. The Hall–Kier alpha value is -2.16. The molecule has 1 aromatic carbocycles. The molecular weight excluding hydrogens is 375 g/mol. The third-order valence-corrected chi connectivity index (χ3v) is 7.31. The number of pyridine rings is 1. The van der Waals surface area contributed by atoms with Crippen molar-refractivity contribution in [2.75, 3.05) is 0 Å². The maximum atomic E-state index is 13.3. The highest BCUT2D eigenvalue weighted by Crippen LogP contribution is 2.37. The summed E-state index contributed by atoms with van der Waals surface area (Å²) in [5.74, 6) is 0. The van der Waals surface area contributed by atoms with Crippen LogP contribution >= 0.6 is 0 Å². The monoisotopic (exact) mass is 398 g/mol. The largest absolute Gasteiger partial charge is 0.497 e. The van der Waals surface area contributed by atoms with Gasteiger partial charge in [-0.05, 0) is 58.9 Å². The molecule has 3 aromatic rings. The van der Waals surface area contributed by atoms with Gasteiger partial charge in [0.25, 0.3) is 10.0 Å². The summed E-state index contributed by atoms with van der Waals surface area (Å²) in [7, 11) is -4.48. The Balaban J connectivity index is 1.88. The number of aryl methyl sites for hydroxylation is 1. The van der Waals surface area contributed by atoms with Crippen LogP contribution in [-0.2, 0) is 19.3 Å². The summed E-state index contributed by atoms with van der Waals surface area (Å²) in [6, 6.07) is 10.4. The molecule has 0 unspecified atom stereocenters. The van der Waals surface area contributed by atoms with Crippen molar-refractivity contribution >= 4 is 33.6 Å². The third kappa shape index (κ3) is 2.87. The molecule has 3 heterocycles. The van der Waals surface area contributed by atoms with E-state index in [0.29, 0.717) is 16.5 Å². The van der Waals surface area contributed by atoms with E-state index in [1.807, 2.05) is 40.7 Å². The predicted octanol–water partition coefficient (Wildman–Crippen LogP) is 2.88. The van der Waals surface area contributed by atoms with Crippen LogP contribution in [0.4, 0.5) is 0 Å². The first-order chi connectivity index (χ1) is 13.0. The molecule has 0 radical (unpaired) electrons. The molecule has 146 valence electrons. The van der Waals surface area contributed by atoms with E-state index >= 15 is 0 Å². The van der Waals surface area contributed by atoms with Gasteiger partial charge < -0.3 is 9.31 Å². The minimum atomic E-state index is -3.81. The number of benzene rings is 1. The molecule has 6 nitrogen and oxygen atoms in total. The van der Waals surface area contributed by atoms with Gasteiger partial charge in [-0.3, -0.25) is 0 Å². The van der Waals surface area contributed by atoms with Crippen LogP contribution in [0.1, 0.15) is 33.3 Å². The molecule has 1 aliphatic rings. The number of fused-ring (bicyclic) bond motifs is 1. The maximum absolute atomic E-state index is 13.3. The lowest BCUT2D eigenvalue weighted by Gasteiger charge is -2.32. The highest BCUT2D eigenvalue weighted by molar-refractivity contribution is 7.90. The van der Waals surface area contributed by atoms with Crippen LogP contribution in [0.5, 0.6) is 0 Å². The SMILES string of the molecule is Cc1ccc(S(=O)(=O)n2cc(B3OC(C)(C)C(C)(C)O3)c3cccnc32)cc1. The number of rotatable bonds is 3. The molecule has 0 amide bonds. The summed E-state index contributed by atoms with van der Waals surface area (Å²) >= 11 is 0. The van der Waals surface area contributed by atoms with Crippen LogP contribution in [-0.4, -0.2) is 35.7 Å². The molecule has 8 heteroatoms. The molecule has 1 aliphatic heterocycles. The first-order valence-corrected chi connectivity index (χ1v) is 10.6. The average Bonchev–Trinajstić information content (AvgIpc) is 3.10. The van der Waals surface area contributed by atoms with E-state index in [-0.39, 0.29) is 4.90 Å². The van der Waals surface area contributed by atoms with Crippen molar-refractivity contribution in [3.05, 3.63) is 54.4 Å². The molecule has 1 fully saturated rings. The molecule has 0 spiro atoms. The molecular formula is C20H23BN2O4S. The van der Waals surface area contributed by atoms with Crippen molar-refractivity contribution in [1.82, 2.24) is 8.96 Å². The fraction of sp³-hybridized carbons (Fsp3) is 0.350. The Morgan fingerprint density at radius 1 is 1.00 bits per heavy atom. The first-order valence-electron chi connectivity index (χ1n) is 9.17. The second-order valence-electron chi connectivity index (χ2n) is 8.16. The van der Waals surface area contributed by atoms with Crippen molar-refractivity contribution in [3.63, 3.8) is 0 Å². The minimum Gasteiger partial charge on any atom is -0.399 e. The molecule has 0 bridgehead atoms. The third-order valence-electron chi connectivity index (χ3n) is 5.65. The van der Waals surface area contributed by atoms with E-state index in [1.165, 1.54) is 3.97 Å².